The molecule has 27 heavy (non-hydrogen) atoms. The van der Waals surface area contributed by atoms with Crippen molar-refractivity contribution in [3.8, 4) is 0 Å². The van der Waals surface area contributed by atoms with E-state index in [9.17, 15) is 0 Å². The van der Waals surface area contributed by atoms with Crippen LogP contribution in [-0.2, 0) is 0 Å². The molecule has 0 spiro atoms. The number of hydrogen-bond acceptors (Lipinski definition) is 3. The van der Waals surface area contributed by atoms with Crippen molar-refractivity contribution in [2.24, 2.45) is 0 Å². The average Bonchev–Trinajstić information content (AvgIpc) is 3.09. The molecule has 0 amide bonds. The lowest BCUT2D eigenvalue weighted by molar-refractivity contribution is -0.00000688. The highest BCUT2D eigenvalue weighted by Gasteiger charge is 2.18. The molecule has 1 aliphatic heterocycles. The van der Waals surface area contributed by atoms with Gasteiger partial charge in [0.25, 0.3) is 0 Å². The Labute approximate surface area is 181 Å². The molecule has 1 rings (SSSR count). The number of β-amino-alcohol motifs (C(OH)–C–C–N with tert-alkyl or cyclic N) is 1. The van der Waals surface area contributed by atoms with Gasteiger partial charge in [0, 0.05) is 19.6 Å². The maximum atomic E-state index is 8.98. The summed E-state index contributed by atoms with van der Waals surface area (Å²) in [6, 6.07) is 0. The first-order valence-corrected chi connectivity index (χ1v) is 11.9. The van der Waals surface area contributed by atoms with Crippen molar-refractivity contribution in [2.45, 2.75) is 110 Å². The van der Waals surface area contributed by atoms with E-state index in [0.29, 0.717) is 6.61 Å². The Bertz CT molecular complexity index is 292. The molecule has 1 aliphatic rings. The minimum Gasteiger partial charge on any atom is -1.00 e. The van der Waals surface area contributed by atoms with Crippen molar-refractivity contribution in [1.82, 2.24) is 9.80 Å². The van der Waals surface area contributed by atoms with Gasteiger partial charge in [0.2, 0.25) is 0 Å². The lowest BCUT2D eigenvalue weighted by Crippen LogP contribution is -3.00. The summed E-state index contributed by atoms with van der Waals surface area (Å²) in [6.07, 6.45) is 23.0. The van der Waals surface area contributed by atoms with Gasteiger partial charge in [0.15, 0.2) is 0 Å². The van der Waals surface area contributed by atoms with Gasteiger partial charge < -0.3 is 22.1 Å². The predicted molar refractivity (Wildman–Crippen MR) is 115 cm³/mol. The number of nitrogens with zero attached hydrogens (tertiary/aromatic N) is 2. The van der Waals surface area contributed by atoms with E-state index in [-0.39, 0.29) is 17.0 Å². The van der Waals surface area contributed by atoms with Gasteiger partial charge in [-0.15, -0.1) is 0 Å². The molecular weight excluding hydrogens is 400 g/mol. The minimum absolute atomic E-state index is 0. The topological polar surface area (TPSA) is 26.7 Å². The van der Waals surface area contributed by atoms with Crippen LogP contribution >= 0.6 is 0 Å². The molecule has 0 saturated carbocycles. The number of rotatable bonds is 19. The zero-order valence-electron chi connectivity index (χ0n) is 18.3. The summed E-state index contributed by atoms with van der Waals surface area (Å²) >= 11 is 0. The van der Waals surface area contributed by atoms with Crippen LogP contribution in [0.15, 0.2) is 0 Å². The van der Waals surface area contributed by atoms with Crippen LogP contribution in [0.3, 0.4) is 0 Å². The summed E-state index contributed by atoms with van der Waals surface area (Å²) in [7, 11) is 0. The highest BCUT2D eigenvalue weighted by atomic mass is 79.9. The molecule has 0 radical (unpaired) electrons. The molecule has 0 unspecified atom stereocenters. The summed E-state index contributed by atoms with van der Waals surface area (Å²) in [5.41, 5.74) is 0. The molecule has 1 N–H and O–H groups in total. The third-order valence-electron chi connectivity index (χ3n) is 5.88. The lowest BCUT2D eigenvalue weighted by atomic mass is 10.0. The number of aliphatic hydroxyl groups excluding tert-OH is 1. The number of aliphatic hydroxyl groups is 1. The van der Waals surface area contributed by atoms with Gasteiger partial charge >= 0.3 is 0 Å². The van der Waals surface area contributed by atoms with Crippen LogP contribution in [0.5, 0.6) is 0 Å². The highest BCUT2D eigenvalue weighted by molar-refractivity contribution is 4.70. The largest absolute Gasteiger partial charge is 1.00 e. The molecule has 1 heterocycles. The summed E-state index contributed by atoms with van der Waals surface area (Å²) in [5, 5.41) is 8.98. The third kappa shape index (κ3) is 17.0. The maximum Gasteiger partial charge on any atom is 0.0558 e. The molecular formula is C23H48BrN2O-. The second kappa shape index (κ2) is 21.1. The van der Waals surface area contributed by atoms with Gasteiger partial charge in [-0.25, -0.2) is 0 Å². The van der Waals surface area contributed by atoms with E-state index in [0.717, 1.165) is 19.8 Å². The smallest absolute Gasteiger partial charge is 0.0558 e. The van der Waals surface area contributed by atoms with Crippen LogP contribution < -0.4 is 17.0 Å². The summed E-state index contributed by atoms with van der Waals surface area (Å²) < 4.78 is 0. The van der Waals surface area contributed by atoms with Crippen molar-refractivity contribution >= 4 is 0 Å². The quantitative estimate of drug-likeness (QED) is 0.308. The van der Waals surface area contributed by atoms with E-state index in [4.69, 9.17) is 5.11 Å². The van der Waals surface area contributed by atoms with Gasteiger partial charge in [-0.3, -0.25) is 9.80 Å². The fourth-order valence-corrected chi connectivity index (χ4v) is 4.10. The molecule has 0 aromatic carbocycles. The fraction of sp³-hybridized carbons (Fsp3) is 1.00. The second-order valence-electron chi connectivity index (χ2n) is 8.40. The van der Waals surface area contributed by atoms with Crippen LogP contribution in [-0.4, -0.2) is 54.4 Å². The molecule has 0 atom stereocenters. The number of hydrogen-bond donors (Lipinski definition) is 1. The number of unbranched alkanes of at least 4 members (excludes halogenated alkanes) is 15. The molecule has 0 bridgehead atoms. The standard InChI is InChI=1S/C23H48N2O.BrH/c1-2-3-4-5-6-7-8-9-10-11-12-13-14-15-16-17-18-24-19-20-25(23-24)21-22-26;/h26H,2-23H2,1H3;1H/p-1. The molecule has 4 heteroatoms. The van der Waals surface area contributed by atoms with E-state index in [2.05, 4.69) is 16.7 Å². The molecule has 1 saturated heterocycles. The van der Waals surface area contributed by atoms with Crippen molar-refractivity contribution < 1.29 is 22.1 Å². The zero-order chi connectivity index (χ0) is 18.7. The molecule has 0 aromatic heterocycles. The average molecular weight is 449 g/mol. The Hall–Kier alpha value is 0.360. The van der Waals surface area contributed by atoms with Crippen molar-refractivity contribution in [3.63, 3.8) is 0 Å². The van der Waals surface area contributed by atoms with Crippen molar-refractivity contribution in [3.05, 3.63) is 0 Å². The third-order valence-corrected chi connectivity index (χ3v) is 5.88. The first kappa shape index (κ1) is 27.4. The van der Waals surface area contributed by atoms with E-state index in [1.54, 1.807) is 0 Å². The monoisotopic (exact) mass is 447 g/mol. The summed E-state index contributed by atoms with van der Waals surface area (Å²) in [4.78, 5) is 4.89. The lowest BCUT2D eigenvalue weighted by Gasteiger charge is -2.16. The van der Waals surface area contributed by atoms with E-state index < -0.39 is 0 Å². The fourth-order valence-electron chi connectivity index (χ4n) is 4.10. The minimum atomic E-state index is 0. The Balaban J connectivity index is 0.00000676. The van der Waals surface area contributed by atoms with Crippen LogP contribution in [0, 0.1) is 0 Å². The van der Waals surface area contributed by atoms with E-state index in [1.807, 2.05) is 0 Å². The molecule has 1 fully saturated rings. The Morgan fingerprint density at radius 1 is 0.556 bits per heavy atom. The van der Waals surface area contributed by atoms with Gasteiger partial charge in [0.05, 0.1) is 13.3 Å². The van der Waals surface area contributed by atoms with Crippen molar-refractivity contribution in [2.75, 3.05) is 39.5 Å². The first-order chi connectivity index (χ1) is 12.9. The predicted octanol–water partition coefficient (Wildman–Crippen LogP) is 2.82. The van der Waals surface area contributed by atoms with Gasteiger partial charge in [-0.2, -0.15) is 0 Å². The van der Waals surface area contributed by atoms with Crippen LogP contribution in [0.25, 0.3) is 0 Å². The highest BCUT2D eigenvalue weighted by Crippen LogP contribution is 2.14. The molecule has 3 nitrogen and oxygen atoms in total. The molecule has 0 aromatic rings. The van der Waals surface area contributed by atoms with E-state index >= 15 is 0 Å². The second-order valence-corrected chi connectivity index (χ2v) is 8.40. The normalized spacial score (nSPS) is 15.3. The van der Waals surface area contributed by atoms with Gasteiger partial charge in [-0.05, 0) is 13.0 Å². The Morgan fingerprint density at radius 2 is 0.926 bits per heavy atom. The van der Waals surface area contributed by atoms with Gasteiger partial charge in [-0.1, -0.05) is 103 Å². The SMILES string of the molecule is CCCCCCCCCCCCCCCCCCN1CCN(CCO)C1.[Br-]. The van der Waals surface area contributed by atoms with Gasteiger partial charge in [0.1, 0.15) is 0 Å². The summed E-state index contributed by atoms with van der Waals surface area (Å²) in [6.45, 7) is 8.09. The maximum absolute atomic E-state index is 8.98. The Kier molecular flexibility index (Phi) is 21.4. The molecule has 164 valence electrons. The summed E-state index contributed by atoms with van der Waals surface area (Å²) in [5.74, 6) is 0. The number of halogens is 1. The Morgan fingerprint density at radius 3 is 1.33 bits per heavy atom. The first-order valence-electron chi connectivity index (χ1n) is 11.9. The molecule has 0 aliphatic carbocycles. The van der Waals surface area contributed by atoms with Crippen LogP contribution in [0.2, 0.25) is 0 Å². The van der Waals surface area contributed by atoms with Crippen LogP contribution in [0.1, 0.15) is 110 Å². The zero-order valence-corrected chi connectivity index (χ0v) is 19.9. The van der Waals surface area contributed by atoms with Crippen molar-refractivity contribution in [1.29, 1.82) is 0 Å². The van der Waals surface area contributed by atoms with Crippen LogP contribution in [0.4, 0.5) is 0 Å². The van der Waals surface area contributed by atoms with E-state index in [1.165, 1.54) is 116 Å².